The second-order valence-corrected chi connectivity index (χ2v) is 6.08. The molecule has 2 aromatic rings. The number of aliphatic hydroxyl groups excluding tert-OH is 1. The van der Waals surface area contributed by atoms with E-state index in [9.17, 15) is 5.11 Å². The number of nitrogens with zero attached hydrogens (tertiary/aromatic N) is 1. The summed E-state index contributed by atoms with van der Waals surface area (Å²) in [6.07, 6.45) is 0.934. The van der Waals surface area contributed by atoms with E-state index >= 15 is 0 Å². The number of halogens is 1. The Morgan fingerprint density at radius 1 is 1.00 bits per heavy atom. The van der Waals surface area contributed by atoms with Gasteiger partial charge < -0.3 is 5.11 Å². The number of benzene rings is 1. The van der Waals surface area contributed by atoms with Gasteiger partial charge in [0.15, 0.2) is 0 Å². The fourth-order valence-corrected chi connectivity index (χ4v) is 2.02. The van der Waals surface area contributed by atoms with Crippen molar-refractivity contribution >= 4 is 11.6 Å². The highest BCUT2D eigenvalue weighted by Crippen LogP contribution is 2.26. The van der Waals surface area contributed by atoms with Crippen LogP contribution in [0.1, 0.15) is 43.6 Å². The minimum absolute atomic E-state index is 0.116. The third kappa shape index (κ3) is 3.34. The van der Waals surface area contributed by atoms with E-state index in [-0.39, 0.29) is 5.41 Å². The second-order valence-electron chi connectivity index (χ2n) is 5.69. The van der Waals surface area contributed by atoms with Gasteiger partial charge in [0, 0.05) is 11.8 Å². The molecule has 0 aliphatic carbocycles. The molecule has 0 fully saturated rings. The van der Waals surface area contributed by atoms with E-state index in [1.807, 2.05) is 12.1 Å². The van der Waals surface area contributed by atoms with Crippen molar-refractivity contribution in [2.45, 2.75) is 32.3 Å². The van der Waals surface area contributed by atoms with Gasteiger partial charge in [-0.3, -0.25) is 0 Å². The largest absolute Gasteiger partial charge is 0.384 e. The SMILES string of the molecule is CC(C)(C)c1ccc(C(O)c2ccc(Cl)nc2)cc1. The molecule has 0 aliphatic rings. The first-order valence-electron chi connectivity index (χ1n) is 6.28. The molecular weight excluding hydrogens is 258 g/mol. The van der Waals surface area contributed by atoms with Crippen LogP contribution in [0.25, 0.3) is 0 Å². The quantitative estimate of drug-likeness (QED) is 0.837. The van der Waals surface area contributed by atoms with Crippen LogP contribution in [0.5, 0.6) is 0 Å². The summed E-state index contributed by atoms with van der Waals surface area (Å²) in [6.45, 7) is 6.50. The molecular formula is C16H18ClNO. The van der Waals surface area contributed by atoms with E-state index in [0.717, 1.165) is 11.1 Å². The second kappa shape index (κ2) is 5.32. The van der Waals surface area contributed by atoms with Gasteiger partial charge in [0.2, 0.25) is 0 Å². The molecule has 1 N–H and O–H groups in total. The van der Waals surface area contributed by atoms with Gasteiger partial charge in [-0.05, 0) is 22.6 Å². The highest BCUT2D eigenvalue weighted by molar-refractivity contribution is 6.29. The topological polar surface area (TPSA) is 33.1 Å². The average Bonchev–Trinajstić information content (AvgIpc) is 2.38. The van der Waals surface area contributed by atoms with Crippen LogP contribution >= 0.6 is 11.6 Å². The van der Waals surface area contributed by atoms with Crippen LogP contribution in [0.4, 0.5) is 0 Å². The molecule has 0 aliphatic heterocycles. The molecule has 3 heteroatoms. The van der Waals surface area contributed by atoms with Crippen molar-refractivity contribution in [3.8, 4) is 0 Å². The minimum Gasteiger partial charge on any atom is -0.384 e. The summed E-state index contributed by atoms with van der Waals surface area (Å²) in [5.41, 5.74) is 2.97. The van der Waals surface area contributed by atoms with Gasteiger partial charge >= 0.3 is 0 Å². The van der Waals surface area contributed by atoms with Crippen molar-refractivity contribution < 1.29 is 5.11 Å². The monoisotopic (exact) mass is 275 g/mol. The maximum absolute atomic E-state index is 10.3. The molecule has 19 heavy (non-hydrogen) atoms. The van der Waals surface area contributed by atoms with Crippen molar-refractivity contribution in [2.24, 2.45) is 0 Å². The maximum Gasteiger partial charge on any atom is 0.129 e. The molecule has 0 bridgehead atoms. The van der Waals surface area contributed by atoms with Crippen molar-refractivity contribution in [3.05, 3.63) is 64.4 Å². The highest BCUT2D eigenvalue weighted by atomic mass is 35.5. The van der Waals surface area contributed by atoms with Crippen molar-refractivity contribution in [3.63, 3.8) is 0 Å². The lowest BCUT2D eigenvalue weighted by Gasteiger charge is -2.20. The standard InChI is InChI=1S/C16H18ClNO/c1-16(2,3)13-7-4-11(5-8-13)15(19)12-6-9-14(17)18-10-12/h4-10,15,19H,1-3H3. The van der Waals surface area contributed by atoms with E-state index in [4.69, 9.17) is 11.6 Å². The zero-order valence-corrected chi connectivity index (χ0v) is 12.1. The van der Waals surface area contributed by atoms with Gasteiger partial charge in [0.1, 0.15) is 11.3 Å². The third-order valence-electron chi connectivity index (χ3n) is 3.16. The molecule has 1 heterocycles. The van der Waals surface area contributed by atoms with Crippen molar-refractivity contribution in [1.29, 1.82) is 0 Å². The normalized spacial score (nSPS) is 13.3. The van der Waals surface area contributed by atoms with E-state index in [1.165, 1.54) is 5.56 Å². The summed E-state index contributed by atoms with van der Waals surface area (Å²) < 4.78 is 0. The molecule has 0 saturated heterocycles. The fraction of sp³-hybridized carbons (Fsp3) is 0.312. The third-order valence-corrected chi connectivity index (χ3v) is 3.38. The van der Waals surface area contributed by atoms with E-state index < -0.39 is 6.10 Å². The Bertz CT molecular complexity index is 540. The molecule has 0 saturated carbocycles. The number of aromatic nitrogens is 1. The number of rotatable bonds is 2. The van der Waals surface area contributed by atoms with Gasteiger partial charge in [-0.2, -0.15) is 0 Å². The number of hydrogen-bond acceptors (Lipinski definition) is 2. The van der Waals surface area contributed by atoms with Crippen molar-refractivity contribution in [1.82, 2.24) is 4.98 Å². The lowest BCUT2D eigenvalue weighted by atomic mass is 9.86. The van der Waals surface area contributed by atoms with Crippen LogP contribution in [0.2, 0.25) is 5.15 Å². The van der Waals surface area contributed by atoms with E-state index in [1.54, 1.807) is 18.3 Å². The fourth-order valence-electron chi connectivity index (χ4n) is 1.91. The molecule has 1 unspecified atom stereocenters. The van der Waals surface area contributed by atoms with Crippen molar-refractivity contribution in [2.75, 3.05) is 0 Å². The molecule has 100 valence electrons. The summed E-state index contributed by atoms with van der Waals surface area (Å²) in [5.74, 6) is 0. The number of pyridine rings is 1. The predicted octanol–water partition coefficient (Wildman–Crippen LogP) is 4.11. The average molecular weight is 276 g/mol. The first kappa shape index (κ1) is 14.0. The Kier molecular flexibility index (Phi) is 3.93. The van der Waals surface area contributed by atoms with Crippen LogP contribution in [0.3, 0.4) is 0 Å². The predicted molar refractivity (Wildman–Crippen MR) is 78.5 cm³/mol. The number of hydrogen-bond donors (Lipinski definition) is 1. The van der Waals surface area contributed by atoms with Gasteiger partial charge in [0.05, 0.1) is 0 Å². The Labute approximate surface area is 119 Å². The molecule has 2 rings (SSSR count). The lowest BCUT2D eigenvalue weighted by molar-refractivity contribution is 0.220. The van der Waals surface area contributed by atoms with E-state index in [2.05, 4.69) is 37.9 Å². The summed E-state index contributed by atoms with van der Waals surface area (Å²) in [5, 5.41) is 10.7. The zero-order chi connectivity index (χ0) is 14.0. The smallest absolute Gasteiger partial charge is 0.129 e. The molecule has 0 radical (unpaired) electrons. The van der Waals surface area contributed by atoms with E-state index in [0.29, 0.717) is 5.15 Å². The van der Waals surface area contributed by atoms with Gasteiger partial charge in [-0.1, -0.05) is 62.7 Å². The van der Waals surface area contributed by atoms with Crippen LogP contribution in [-0.4, -0.2) is 10.1 Å². The Balaban J connectivity index is 2.25. The van der Waals surface area contributed by atoms with Crippen LogP contribution in [0, 0.1) is 0 Å². The maximum atomic E-state index is 10.3. The first-order valence-corrected chi connectivity index (χ1v) is 6.66. The molecule has 0 amide bonds. The zero-order valence-electron chi connectivity index (χ0n) is 11.4. The van der Waals surface area contributed by atoms with Gasteiger partial charge in [-0.15, -0.1) is 0 Å². The first-order chi connectivity index (χ1) is 8.88. The lowest BCUT2D eigenvalue weighted by Crippen LogP contribution is -2.11. The highest BCUT2D eigenvalue weighted by Gasteiger charge is 2.15. The minimum atomic E-state index is -0.668. The summed E-state index contributed by atoms with van der Waals surface area (Å²) in [7, 11) is 0. The summed E-state index contributed by atoms with van der Waals surface area (Å²) >= 11 is 5.74. The van der Waals surface area contributed by atoms with Crippen LogP contribution < -0.4 is 0 Å². The molecule has 2 nitrogen and oxygen atoms in total. The molecule has 0 spiro atoms. The molecule has 1 aromatic heterocycles. The van der Waals surface area contributed by atoms with Crippen LogP contribution in [-0.2, 0) is 5.41 Å². The molecule has 1 aromatic carbocycles. The summed E-state index contributed by atoms with van der Waals surface area (Å²) in [6, 6.07) is 11.5. The van der Waals surface area contributed by atoms with Gasteiger partial charge in [-0.25, -0.2) is 4.98 Å². The molecule has 1 atom stereocenters. The number of aliphatic hydroxyl groups is 1. The summed E-state index contributed by atoms with van der Waals surface area (Å²) in [4.78, 5) is 3.99. The Hall–Kier alpha value is -1.38. The Morgan fingerprint density at radius 2 is 1.58 bits per heavy atom. The van der Waals surface area contributed by atoms with Gasteiger partial charge in [0.25, 0.3) is 0 Å². The Morgan fingerprint density at radius 3 is 2.05 bits per heavy atom. The van der Waals surface area contributed by atoms with Crippen LogP contribution in [0.15, 0.2) is 42.6 Å².